The minimum absolute atomic E-state index is 0.00386. The molecule has 1 aliphatic heterocycles. The molecule has 2 aromatic rings. The number of hydrogen-bond acceptors (Lipinski definition) is 6. The molecular formula is C21H19N3O4. The molecule has 0 spiro atoms. The lowest BCUT2D eigenvalue weighted by atomic mass is 9.76. The predicted molar refractivity (Wildman–Crippen MR) is 104 cm³/mol. The number of nitro benzene ring substituents is 1. The Kier molecular flexibility index (Phi) is 4.62. The fourth-order valence-electron chi connectivity index (χ4n) is 4.21. The van der Waals surface area contributed by atoms with Crippen LogP contribution in [-0.4, -0.2) is 18.6 Å². The highest BCUT2D eigenvalue weighted by Crippen LogP contribution is 2.54. The Morgan fingerprint density at radius 2 is 2.07 bits per heavy atom. The van der Waals surface area contributed by atoms with Crippen molar-refractivity contribution in [2.75, 3.05) is 19.0 Å². The third kappa shape index (κ3) is 2.93. The molecule has 1 N–H and O–H groups in total. The monoisotopic (exact) mass is 377 g/mol. The Balaban J connectivity index is 1.75. The molecule has 142 valence electrons. The number of rotatable bonds is 5. The van der Waals surface area contributed by atoms with E-state index < -0.39 is 0 Å². The van der Waals surface area contributed by atoms with Crippen molar-refractivity contribution >= 4 is 11.4 Å². The first kappa shape index (κ1) is 17.9. The Bertz CT molecular complexity index is 978. The van der Waals surface area contributed by atoms with Gasteiger partial charge in [0.1, 0.15) is 17.6 Å². The molecule has 0 unspecified atom stereocenters. The highest BCUT2D eigenvalue weighted by Gasteiger charge is 2.42. The van der Waals surface area contributed by atoms with Crippen LogP contribution in [0.2, 0.25) is 0 Å². The average Bonchev–Trinajstić information content (AvgIpc) is 3.21. The molecule has 0 amide bonds. The summed E-state index contributed by atoms with van der Waals surface area (Å²) in [5.41, 5.74) is 2.54. The Morgan fingerprint density at radius 1 is 1.29 bits per heavy atom. The predicted octanol–water partition coefficient (Wildman–Crippen LogP) is 4.33. The van der Waals surface area contributed by atoms with Crippen molar-refractivity contribution in [3.63, 3.8) is 0 Å². The number of nitrogens with one attached hydrogen (secondary N) is 1. The summed E-state index contributed by atoms with van der Waals surface area (Å²) in [5.74, 6) is 1.35. The number of hydrogen-bond donors (Lipinski definition) is 1. The van der Waals surface area contributed by atoms with Gasteiger partial charge in [0, 0.05) is 12.0 Å². The molecule has 0 fully saturated rings. The summed E-state index contributed by atoms with van der Waals surface area (Å²) < 4.78 is 10.8. The van der Waals surface area contributed by atoms with Crippen molar-refractivity contribution in [3.8, 4) is 17.6 Å². The number of methoxy groups -OCH3 is 1. The van der Waals surface area contributed by atoms with Crippen LogP contribution in [0.25, 0.3) is 0 Å². The number of allylic oxidation sites excluding steroid dienone is 2. The van der Waals surface area contributed by atoms with Crippen LogP contribution in [0.5, 0.6) is 11.5 Å². The van der Waals surface area contributed by atoms with Gasteiger partial charge in [0.2, 0.25) is 0 Å². The molecule has 1 heterocycles. The summed E-state index contributed by atoms with van der Waals surface area (Å²) in [6, 6.07) is 12.7. The summed E-state index contributed by atoms with van der Waals surface area (Å²) in [5, 5.41) is 23.8. The number of fused-ring (bicyclic) bond motifs is 3. The van der Waals surface area contributed by atoms with Crippen LogP contribution in [0.4, 0.5) is 11.4 Å². The lowest BCUT2D eigenvalue weighted by molar-refractivity contribution is -0.385. The lowest BCUT2D eigenvalue weighted by Crippen LogP contribution is -2.30. The van der Waals surface area contributed by atoms with Gasteiger partial charge in [0.05, 0.1) is 29.3 Å². The number of ether oxygens (including phenoxy) is 2. The Morgan fingerprint density at radius 3 is 2.75 bits per heavy atom. The van der Waals surface area contributed by atoms with E-state index in [1.54, 1.807) is 13.2 Å². The van der Waals surface area contributed by atoms with Crippen LogP contribution in [-0.2, 0) is 0 Å². The number of anilines is 1. The van der Waals surface area contributed by atoms with Crippen molar-refractivity contribution in [2.45, 2.75) is 18.4 Å². The topological polar surface area (TPSA) is 97.4 Å². The maximum absolute atomic E-state index is 11.6. The van der Waals surface area contributed by atoms with E-state index in [-0.39, 0.29) is 35.1 Å². The van der Waals surface area contributed by atoms with Crippen LogP contribution >= 0.6 is 0 Å². The fraction of sp³-hybridized carbons (Fsp3) is 0.286. The number of nitrogens with zero attached hydrogens (tertiary/aromatic N) is 2. The van der Waals surface area contributed by atoms with Crippen LogP contribution in [0.15, 0.2) is 48.6 Å². The zero-order chi connectivity index (χ0) is 19.7. The van der Waals surface area contributed by atoms with Crippen molar-refractivity contribution in [1.29, 1.82) is 5.26 Å². The van der Waals surface area contributed by atoms with E-state index in [2.05, 4.69) is 17.5 Å². The van der Waals surface area contributed by atoms with Gasteiger partial charge in [-0.1, -0.05) is 24.3 Å². The minimum atomic E-state index is -0.329. The molecule has 28 heavy (non-hydrogen) atoms. The number of nitro groups is 1. The average molecular weight is 377 g/mol. The molecular weight excluding hydrogens is 358 g/mol. The molecule has 0 saturated carbocycles. The molecule has 0 bridgehead atoms. The molecule has 0 radical (unpaired) electrons. The molecule has 0 aromatic heterocycles. The molecule has 2 aliphatic rings. The van der Waals surface area contributed by atoms with E-state index in [4.69, 9.17) is 14.7 Å². The first-order valence-electron chi connectivity index (χ1n) is 9.02. The number of benzene rings is 2. The van der Waals surface area contributed by atoms with Gasteiger partial charge in [-0.05, 0) is 36.1 Å². The molecule has 3 atom stereocenters. The van der Waals surface area contributed by atoms with Gasteiger partial charge >= 0.3 is 0 Å². The van der Waals surface area contributed by atoms with E-state index >= 15 is 0 Å². The largest absolute Gasteiger partial charge is 0.495 e. The van der Waals surface area contributed by atoms with Crippen LogP contribution in [0.3, 0.4) is 0 Å². The third-order valence-corrected chi connectivity index (χ3v) is 5.42. The summed E-state index contributed by atoms with van der Waals surface area (Å²) in [6.45, 7) is 0.00386. The van der Waals surface area contributed by atoms with Gasteiger partial charge in [-0.25, -0.2) is 0 Å². The summed E-state index contributed by atoms with van der Waals surface area (Å²) in [7, 11) is 1.57. The van der Waals surface area contributed by atoms with E-state index in [1.165, 1.54) is 6.07 Å². The van der Waals surface area contributed by atoms with E-state index in [1.807, 2.05) is 30.3 Å². The normalized spacial score (nSPS) is 21.8. The van der Waals surface area contributed by atoms with Crippen LogP contribution in [0, 0.1) is 27.4 Å². The Labute approximate surface area is 162 Å². The number of nitriles is 1. The second-order valence-corrected chi connectivity index (χ2v) is 6.82. The summed E-state index contributed by atoms with van der Waals surface area (Å²) >= 11 is 0. The van der Waals surface area contributed by atoms with Gasteiger partial charge in [-0.2, -0.15) is 5.26 Å². The molecule has 7 heteroatoms. The highest BCUT2D eigenvalue weighted by atomic mass is 16.6. The van der Waals surface area contributed by atoms with Crippen molar-refractivity contribution in [2.24, 2.45) is 5.92 Å². The quantitative estimate of drug-likeness (QED) is 0.473. The van der Waals surface area contributed by atoms with Gasteiger partial charge in [-0.3, -0.25) is 10.1 Å². The van der Waals surface area contributed by atoms with E-state index in [0.29, 0.717) is 22.7 Å². The minimum Gasteiger partial charge on any atom is -0.495 e. The van der Waals surface area contributed by atoms with Gasteiger partial charge < -0.3 is 14.8 Å². The smallest absolute Gasteiger partial charge is 0.275 e. The zero-order valence-corrected chi connectivity index (χ0v) is 15.3. The summed E-state index contributed by atoms with van der Waals surface area (Å²) in [6.07, 6.45) is 4.99. The molecule has 2 aromatic carbocycles. The van der Waals surface area contributed by atoms with Crippen LogP contribution in [0.1, 0.15) is 29.5 Å². The summed E-state index contributed by atoms with van der Waals surface area (Å²) in [4.78, 5) is 11.3. The second-order valence-electron chi connectivity index (χ2n) is 6.82. The van der Waals surface area contributed by atoms with Crippen molar-refractivity contribution in [3.05, 3.63) is 69.8 Å². The molecule has 4 rings (SSSR count). The second kappa shape index (κ2) is 7.24. The van der Waals surface area contributed by atoms with E-state index in [0.717, 1.165) is 12.0 Å². The highest BCUT2D eigenvalue weighted by molar-refractivity contribution is 5.73. The maximum atomic E-state index is 11.6. The van der Waals surface area contributed by atoms with Crippen molar-refractivity contribution in [1.82, 2.24) is 0 Å². The zero-order valence-electron chi connectivity index (χ0n) is 15.3. The molecule has 1 aliphatic carbocycles. The van der Waals surface area contributed by atoms with Gasteiger partial charge in [0.15, 0.2) is 6.61 Å². The maximum Gasteiger partial charge on any atom is 0.275 e. The van der Waals surface area contributed by atoms with Crippen molar-refractivity contribution < 1.29 is 14.4 Å². The first-order valence-corrected chi connectivity index (χ1v) is 9.02. The lowest BCUT2D eigenvalue weighted by Gasteiger charge is -2.37. The fourth-order valence-corrected chi connectivity index (χ4v) is 4.21. The van der Waals surface area contributed by atoms with Gasteiger partial charge in [-0.15, -0.1) is 0 Å². The Hall–Kier alpha value is -3.53. The standard InChI is InChI=1S/C21H19N3O4/c1-27-18-10-9-17(24(25)26)19-15-3-2-4-16(15)20(23-21(18)19)13-5-7-14(8-6-13)28-12-11-22/h2-3,5-10,15-16,20,23H,4,12H2,1H3/t15-,16-,20+/m0/s1. The van der Waals surface area contributed by atoms with E-state index in [9.17, 15) is 10.1 Å². The first-order chi connectivity index (χ1) is 13.6. The third-order valence-electron chi connectivity index (χ3n) is 5.42. The van der Waals surface area contributed by atoms with Crippen LogP contribution < -0.4 is 14.8 Å². The molecule has 0 saturated heterocycles. The SMILES string of the molecule is COc1ccc([N+](=O)[O-])c2c1N[C@H](c1ccc(OCC#N)cc1)[C@H]1CC=C[C@H]21. The molecule has 7 nitrogen and oxygen atoms in total. The van der Waals surface area contributed by atoms with Gasteiger partial charge in [0.25, 0.3) is 5.69 Å².